The van der Waals surface area contributed by atoms with Gasteiger partial charge in [-0.25, -0.2) is 0 Å². The van der Waals surface area contributed by atoms with E-state index in [0.717, 1.165) is 23.7 Å². The van der Waals surface area contributed by atoms with Gasteiger partial charge in [0, 0.05) is 6.04 Å². The Kier molecular flexibility index (Phi) is 2.46. The molecule has 4 rings (SSSR count). The molecule has 3 heteroatoms. The third-order valence-corrected chi connectivity index (χ3v) is 5.20. The molecule has 0 saturated heterocycles. The molecule has 0 aromatic rings. The zero-order chi connectivity index (χ0) is 11.3. The molecule has 0 spiro atoms. The minimum Gasteiger partial charge on any atom is -0.481 e. The van der Waals surface area contributed by atoms with Gasteiger partial charge in [-0.2, -0.15) is 0 Å². The Morgan fingerprint density at radius 2 is 1.62 bits per heavy atom. The van der Waals surface area contributed by atoms with Gasteiger partial charge in [0.1, 0.15) is 0 Å². The smallest absolute Gasteiger partial charge is 0.304 e. The van der Waals surface area contributed by atoms with Crippen LogP contribution in [0, 0.1) is 29.6 Å². The second-order valence-corrected chi connectivity index (χ2v) is 6.27. The number of hydrogen-bond acceptors (Lipinski definition) is 2. The van der Waals surface area contributed by atoms with Crippen LogP contribution >= 0.6 is 0 Å². The maximum Gasteiger partial charge on any atom is 0.304 e. The fourth-order valence-corrected chi connectivity index (χ4v) is 5.00. The van der Waals surface area contributed by atoms with E-state index in [0.29, 0.717) is 5.92 Å². The lowest BCUT2D eigenvalue weighted by Gasteiger charge is -2.55. The van der Waals surface area contributed by atoms with E-state index in [9.17, 15) is 4.79 Å². The van der Waals surface area contributed by atoms with Gasteiger partial charge >= 0.3 is 5.97 Å². The van der Waals surface area contributed by atoms with E-state index in [4.69, 9.17) is 10.8 Å². The zero-order valence-corrected chi connectivity index (χ0v) is 9.64. The molecule has 0 amide bonds. The maximum atomic E-state index is 10.8. The first-order valence-electron chi connectivity index (χ1n) is 6.61. The van der Waals surface area contributed by atoms with Crippen LogP contribution in [0.3, 0.4) is 0 Å². The third kappa shape index (κ3) is 1.65. The lowest BCUT2D eigenvalue weighted by Crippen LogP contribution is -2.52. The summed E-state index contributed by atoms with van der Waals surface area (Å²) in [5, 5.41) is 8.86. The highest BCUT2D eigenvalue weighted by atomic mass is 16.4. The molecule has 3 N–H and O–H groups in total. The number of carboxylic acid groups (broad SMARTS) is 1. The standard InChI is InChI=1S/C13H21NO2/c14-11(6-12(15)16)13-9-2-7-1-8(4-9)5-10(13)3-7/h7-11,13H,1-6,14H2,(H,15,16). The molecule has 1 unspecified atom stereocenters. The quantitative estimate of drug-likeness (QED) is 0.767. The Balaban J connectivity index is 1.73. The van der Waals surface area contributed by atoms with Crippen LogP contribution in [0.5, 0.6) is 0 Å². The van der Waals surface area contributed by atoms with Gasteiger partial charge in [-0.3, -0.25) is 4.79 Å². The van der Waals surface area contributed by atoms with Crippen LogP contribution in [0.25, 0.3) is 0 Å². The Morgan fingerprint density at radius 1 is 1.12 bits per heavy atom. The van der Waals surface area contributed by atoms with Gasteiger partial charge in [0.25, 0.3) is 0 Å². The predicted molar refractivity (Wildman–Crippen MR) is 60.8 cm³/mol. The van der Waals surface area contributed by atoms with E-state index in [-0.39, 0.29) is 12.5 Å². The summed E-state index contributed by atoms with van der Waals surface area (Å²) in [5.41, 5.74) is 6.12. The van der Waals surface area contributed by atoms with Crippen molar-refractivity contribution in [2.24, 2.45) is 35.3 Å². The van der Waals surface area contributed by atoms with Crippen LogP contribution in [0.15, 0.2) is 0 Å². The summed E-state index contributed by atoms with van der Waals surface area (Å²) < 4.78 is 0. The molecule has 4 bridgehead atoms. The van der Waals surface area contributed by atoms with Crippen molar-refractivity contribution in [3.05, 3.63) is 0 Å². The van der Waals surface area contributed by atoms with Crippen molar-refractivity contribution in [1.29, 1.82) is 0 Å². The van der Waals surface area contributed by atoms with E-state index in [1.54, 1.807) is 0 Å². The van der Waals surface area contributed by atoms with Crippen LogP contribution in [0.1, 0.15) is 38.5 Å². The Hall–Kier alpha value is -0.570. The lowest BCUT2D eigenvalue weighted by molar-refractivity contribution is -0.138. The number of nitrogens with two attached hydrogens (primary N) is 1. The average Bonchev–Trinajstić information content (AvgIpc) is 2.13. The second-order valence-electron chi connectivity index (χ2n) is 6.27. The van der Waals surface area contributed by atoms with E-state index in [1.165, 1.54) is 32.1 Å². The van der Waals surface area contributed by atoms with Crippen molar-refractivity contribution < 1.29 is 9.90 Å². The molecular formula is C13H21NO2. The van der Waals surface area contributed by atoms with Crippen molar-refractivity contribution in [3.8, 4) is 0 Å². The zero-order valence-electron chi connectivity index (χ0n) is 9.64. The highest BCUT2D eigenvalue weighted by molar-refractivity contribution is 5.67. The summed E-state index contributed by atoms with van der Waals surface area (Å²) in [6.45, 7) is 0. The molecule has 90 valence electrons. The van der Waals surface area contributed by atoms with Gasteiger partial charge < -0.3 is 10.8 Å². The fraction of sp³-hybridized carbons (Fsp3) is 0.923. The minimum absolute atomic E-state index is 0.104. The number of hydrogen-bond donors (Lipinski definition) is 2. The van der Waals surface area contributed by atoms with E-state index >= 15 is 0 Å². The summed E-state index contributed by atoms with van der Waals surface area (Å²) in [6.07, 6.45) is 6.90. The van der Waals surface area contributed by atoms with Gasteiger partial charge in [0.05, 0.1) is 6.42 Å². The minimum atomic E-state index is -0.735. The molecule has 4 saturated carbocycles. The van der Waals surface area contributed by atoms with Gasteiger partial charge in [0.2, 0.25) is 0 Å². The van der Waals surface area contributed by atoms with E-state index in [2.05, 4.69) is 0 Å². The summed E-state index contributed by atoms with van der Waals surface area (Å²) in [6, 6.07) is -0.104. The molecule has 0 aromatic heterocycles. The number of rotatable bonds is 3. The number of carbonyl (C=O) groups is 1. The van der Waals surface area contributed by atoms with E-state index in [1.807, 2.05) is 0 Å². The molecule has 16 heavy (non-hydrogen) atoms. The van der Waals surface area contributed by atoms with Gasteiger partial charge in [0.15, 0.2) is 0 Å². The van der Waals surface area contributed by atoms with Crippen LogP contribution in [0.2, 0.25) is 0 Å². The van der Waals surface area contributed by atoms with Gasteiger partial charge in [-0.05, 0) is 61.7 Å². The molecule has 3 nitrogen and oxygen atoms in total. The Morgan fingerprint density at radius 3 is 2.06 bits per heavy atom. The van der Waals surface area contributed by atoms with Crippen molar-refractivity contribution in [1.82, 2.24) is 0 Å². The Bertz CT molecular complexity index is 274. The summed E-state index contributed by atoms with van der Waals surface area (Å²) >= 11 is 0. The van der Waals surface area contributed by atoms with Gasteiger partial charge in [-0.15, -0.1) is 0 Å². The van der Waals surface area contributed by atoms with Crippen molar-refractivity contribution in [2.45, 2.75) is 44.6 Å². The largest absolute Gasteiger partial charge is 0.481 e. The van der Waals surface area contributed by atoms with Crippen LogP contribution in [-0.4, -0.2) is 17.1 Å². The normalized spacial score (nSPS) is 46.9. The number of aliphatic carboxylic acids is 1. The topological polar surface area (TPSA) is 63.3 Å². The Labute approximate surface area is 96.4 Å². The molecule has 0 heterocycles. The van der Waals surface area contributed by atoms with Crippen LogP contribution < -0.4 is 5.73 Å². The molecular weight excluding hydrogens is 202 g/mol. The molecule has 4 aliphatic rings. The molecule has 0 radical (unpaired) electrons. The predicted octanol–water partition coefficient (Wildman–Crippen LogP) is 1.86. The molecule has 0 aliphatic heterocycles. The van der Waals surface area contributed by atoms with Crippen molar-refractivity contribution >= 4 is 5.97 Å². The fourth-order valence-electron chi connectivity index (χ4n) is 5.00. The monoisotopic (exact) mass is 223 g/mol. The van der Waals surface area contributed by atoms with Crippen LogP contribution in [-0.2, 0) is 4.79 Å². The summed E-state index contributed by atoms with van der Waals surface area (Å²) in [7, 11) is 0. The van der Waals surface area contributed by atoms with Crippen molar-refractivity contribution in [3.63, 3.8) is 0 Å². The molecule has 1 atom stereocenters. The highest BCUT2D eigenvalue weighted by Crippen LogP contribution is 2.57. The first-order valence-corrected chi connectivity index (χ1v) is 6.61. The third-order valence-electron chi connectivity index (χ3n) is 5.20. The first-order chi connectivity index (χ1) is 7.63. The van der Waals surface area contributed by atoms with E-state index < -0.39 is 5.97 Å². The second kappa shape index (κ2) is 3.73. The van der Waals surface area contributed by atoms with Crippen LogP contribution in [0.4, 0.5) is 0 Å². The molecule has 0 aromatic carbocycles. The summed E-state index contributed by atoms with van der Waals surface area (Å²) in [5.74, 6) is 3.13. The van der Waals surface area contributed by atoms with Gasteiger partial charge in [-0.1, -0.05) is 0 Å². The highest BCUT2D eigenvalue weighted by Gasteiger charge is 2.49. The molecule has 4 aliphatic carbocycles. The van der Waals surface area contributed by atoms with Crippen molar-refractivity contribution in [2.75, 3.05) is 0 Å². The maximum absolute atomic E-state index is 10.8. The SMILES string of the molecule is NC(CC(=O)O)C1C2CC3CC(C2)CC1C3. The lowest BCUT2D eigenvalue weighted by atomic mass is 9.50. The first kappa shape index (κ1) is 10.6. The number of carboxylic acids is 1. The molecule has 4 fully saturated rings. The average molecular weight is 223 g/mol. The summed E-state index contributed by atoms with van der Waals surface area (Å²) in [4.78, 5) is 10.8.